The highest BCUT2D eigenvalue weighted by Crippen LogP contribution is 2.29. The number of carbonyl (C=O) groups is 1. The molecule has 2 atom stereocenters. The van der Waals surface area contributed by atoms with Crippen molar-refractivity contribution in [3.63, 3.8) is 0 Å². The molecule has 1 aliphatic rings. The number of hydrogen-bond donors (Lipinski definition) is 0. The van der Waals surface area contributed by atoms with Crippen molar-refractivity contribution in [3.8, 4) is 6.07 Å². The number of halogens is 1. The van der Waals surface area contributed by atoms with Gasteiger partial charge in [0.15, 0.2) is 0 Å². The maximum Gasteiger partial charge on any atom is 0.255 e. The van der Waals surface area contributed by atoms with Crippen LogP contribution in [0.2, 0.25) is 0 Å². The minimum Gasteiger partial charge on any atom is -0.333 e. The first-order valence-electron chi connectivity index (χ1n) is 8.66. The Labute approximate surface area is 147 Å². The van der Waals surface area contributed by atoms with E-state index in [-0.39, 0.29) is 23.8 Å². The van der Waals surface area contributed by atoms with Crippen LogP contribution in [0.4, 0.5) is 4.39 Å². The number of nitriles is 1. The van der Waals surface area contributed by atoms with E-state index >= 15 is 0 Å². The molecule has 0 radical (unpaired) electrons. The van der Waals surface area contributed by atoms with Gasteiger partial charge in [-0.15, -0.1) is 0 Å². The summed E-state index contributed by atoms with van der Waals surface area (Å²) in [4.78, 5) is 15.0. The highest BCUT2D eigenvalue weighted by molar-refractivity contribution is 5.97. The van der Waals surface area contributed by atoms with E-state index in [9.17, 15) is 14.4 Å². The normalized spacial score (nSPS) is 19.6. The Balaban J connectivity index is 1.75. The van der Waals surface area contributed by atoms with Gasteiger partial charge in [0.25, 0.3) is 5.91 Å². The van der Waals surface area contributed by atoms with E-state index in [1.165, 1.54) is 12.1 Å². The van der Waals surface area contributed by atoms with E-state index in [1.54, 1.807) is 36.4 Å². The van der Waals surface area contributed by atoms with Gasteiger partial charge in [0, 0.05) is 12.1 Å². The second-order valence-corrected chi connectivity index (χ2v) is 6.62. The van der Waals surface area contributed by atoms with Crippen molar-refractivity contribution in [3.05, 3.63) is 71.0 Å². The predicted molar refractivity (Wildman–Crippen MR) is 94.5 cm³/mol. The fraction of sp³-hybridized carbons (Fsp3) is 0.333. The first-order chi connectivity index (χ1) is 12.1. The highest BCUT2D eigenvalue weighted by atomic mass is 19.1. The molecule has 2 aromatic carbocycles. The van der Waals surface area contributed by atoms with Crippen LogP contribution in [0.25, 0.3) is 0 Å². The van der Waals surface area contributed by atoms with E-state index in [0.29, 0.717) is 11.1 Å². The Morgan fingerprint density at radius 1 is 1.20 bits per heavy atom. The molecule has 0 spiro atoms. The average Bonchev–Trinajstić information content (AvgIpc) is 3.01. The topological polar surface area (TPSA) is 44.1 Å². The van der Waals surface area contributed by atoms with Crippen molar-refractivity contribution in [1.29, 1.82) is 5.26 Å². The van der Waals surface area contributed by atoms with Gasteiger partial charge < -0.3 is 4.90 Å². The third-order valence-corrected chi connectivity index (χ3v) is 4.98. The second kappa shape index (κ2) is 7.48. The van der Waals surface area contributed by atoms with Gasteiger partial charge in [-0.1, -0.05) is 24.3 Å². The van der Waals surface area contributed by atoms with Crippen LogP contribution in [0.1, 0.15) is 47.7 Å². The third-order valence-electron chi connectivity index (χ3n) is 4.98. The maximum atomic E-state index is 13.0. The molecule has 0 aliphatic carbocycles. The van der Waals surface area contributed by atoms with Crippen LogP contribution >= 0.6 is 0 Å². The first-order valence-corrected chi connectivity index (χ1v) is 8.66. The fourth-order valence-corrected chi connectivity index (χ4v) is 3.61. The van der Waals surface area contributed by atoms with E-state index in [4.69, 9.17) is 0 Å². The highest BCUT2D eigenvalue weighted by Gasteiger charge is 2.35. The molecule has 1 amide bonds. The second-order valence-electron chi connectivity index (χ2n) is 6.62. The molecule has 0 N–H and O–H groups in total. The maximum absolute atomic E-state index is 13.0. The largest absolute Gasteiger partial charge is 0.333 e. The monoisotopic (exact) mass is 336 g/mol. The van der Waals surface area contributed by atoms with Crippen LogP contribution in [-0.4, -0.2) is 22.9 Å². The van der Waals surface area contributed by atoms with Crippen LogP contribution in [0.5, 0.6) is 0 Å². The van der Waals surface area contributed by atoms with Crippen molar-refractivity contribution < 1.29 is 9.18 Å². The number of nitrogens with zero attached hydrogens (tertiary/aromatic N) is 2. The number of hydrogen-bond acceptors (Lipinski definition) is 2. The molecule has 1 aliphatic heterocycles. The molecule has 3 nitrogen and oxygen atoms in total. The summed E-state index contributed by atoms with van der Waals surface area (Å²) in [7, 11) is 0. The van der Waals surface area contributed by atoms with Crippen molar-refractivity contribution in [2.45, 2.75) is 44.7 Å². The lowest BCUT2D eigenvalue weighted by Crippen LogP contribution is -2.40. The Morgan fingerprint density at radius 3 is 2.64 bits per heavy atom. The van der Waals surface area contributed by atoms with Gasteiger partial charge in [-0.3, -0.25) is 4.79 Å². The van der Waals surface area contributed by atoms with Gasteiger partial charge in [0.1, 0.15) is 5.82 Å². The van der Waals surface area contributed by atoms with Gasteiger partial charge >= 0.3 is 0 Å². The van der Waals surface area contributed by atoms with Gasteiger partial charge in [-0.05, 0) is 62.4 Å². The third kappa shape index (κ3) is 3.71. The minimum atomic E-state index is -0.233. The standard InChI is InChI=1S/C21H21FN2O/c1-15-6-12-19(13-9-16-7-10-18(22)11-8-16)24(15)21(25)20-5-3-2-4-17(20)14-23/h2-5,7-8,10-11,15,19H,6,9,12-13H2,1H3/t15-,19-/m1/s1. The van der Waals surface area contributed by atoms with Crippen molar-refractivity contribution >= 4 is 5.91 Å². The summed E-state index contributed by atoms with van der Waals surface area (Å²) in [5, 5.41) is 9.27. The lowest BCUT2D eigenvalue weighted by Gasteiger charge is -2.29. The summed E-state index contributed by atoms with van der Waals surface area (Å²) in [5.41, 5.74) is 1.97. The Bertz CT molecular complexity index is 794. The lowest BCUT2D eigenvalue weighted by molar-refractivity contribution is 0.0672. The van der Waals surface area contributed by atoms with Crippen LogP contribution in [-0.2, 0) is 6.42 Å². The molecule has 1 heterocycles. The summed E-state index contributed by atoms with van der Waals surface area (Å²) in [6.07, 6.45) is 3.58. The summed E-state index contributed by atoms with van der Waals surface area (Å²) in [6, 6.07) is 15.9. The van der Waals surface area contributed by atoms with Gasteiger partial charge in [0.05, 0.1) is 17.2 Å². The quantitative estimate of drug-likeness (QED) is 0.834. The van der Waals surface area contributed by atoms with E-state index in [0.717, 1.165) is 31.2 Å². The number of benzene rings is 2. The molecule has 1 fully saturated rings. The van der Waals surface area contributed by atoms with Gasteiger partial charge in [-0.2, -0.15) is 5.26 Å². The van der Waals surface area contributed by atoms with Crippen molar-refractivity contribution in [2.24, 2.45) is 0 Å². The zero-order chi connectivity index (χ0) is 17.8. The molecule has 128 valence electrons. The first kappa shape index (κ1) is 17.2. The average molecular weight is 336 g/mol. The molecule has 0 aromatic heterocycles. The molecular weight excluding hydrogens is 315 g/mol. The van der Waals surface area contributed by atoms with Crippen LogP contribution in [0.15, 0.2) is 48.5 Å². The number of rotatable bonds is 4. The predicted octanol–water partition coefficient (Wildman–Crippen LogP) is 4.32. The smallest absolute Gasteiger partial charge is 0.255 e. The van der Waals surface area contributed by atoms with Crippen LogP contribution in [0, 0.1) is 17.1 Å². The van der Waals surface area contributed by atoms with Crippen LogP contribution in [0.3, 0.4) is 0 Å². The van der Waals surface area contributed by atoms with Gasteiger partial charge in [0.2, 0.25) is 0 Å². The zero-order valence-electron chi connectivity index (χ0n) is 14.3. The molecular formula is C21H21FN2O. The molecule has 25 heavy (non-hydrogen) atoms. The van der Waals surface area contributed by atoms with Crippen molar-refractivity contribution in [2.75, 3.05) is 0 Å². The van der Waals surface area contributed by atoms with Gasteiger partial charge in [-0.25, -0.2) is 4.39 Å². The molecule has 0 bridgehead atoms. The van der Waals surface area contributed by atoms with Crippen molar-refractivity contribution in [1.82, 2.24) is 4.90 Å². The summed E-state index contributed by atoms with van der Waals surface area (Å²) >= 11 is 0. The molecule has 0 saturated carbocycles. The molecule has 0 unspecified atom stereocenters. The number of likely N-dealkylation sites (tertiary alicyclic amines) is 1. The Morgan fingerprint density at radius 2 is 1.92 bits per heavy atom. The molecule has 4 heteroatoms. The van der Waals surface area contributed by atoms with E-state index < -0.39 is 0 Å². The fourth-order valence-electron chi connectivity index (χ4n) is 3.61. The molecule has 2 aromatic rings. The van der Waals surface area contributed by atoms with Crippen LogP contribution < -0.4 is 0 Å². The van der Waals surface area contributed by atoms with E-state index in [2.05, 4.69) is 13.0 Å². The summed E-state index contributed by atoms with van der Waals surface area (Å²) in [5.74, 6) is -0.297. The number of aryl methyl sites for hydroxylation is 1. The summed E-state index contributed by atoms with van der Waals surface area (Å²) < 4.78 is 13.0. The summed E-state index contributed by atoms with van der Waals surface area (Å²) in [6.45, 7) is 2.06. The number of amides is 1. The minimum absolute atomic E-state index is 0.0637. The Hall–Kier alpha value is -2.67. The van der Waals surface area contributed by atoms with E-state index in [1.807, 2.05) is 4.90 Å². The molecule has 1 saturated heterocycles. The zero-order valence-corrected chi connectivity index (χ0v) is 14.3. The number of carbonyl (C=O) groups excluding carboxylic acids is 1. The lowest BCUT2D eigenvalue weighted by atomic mass is 10.0. The molecule has 3 rings (SSSR count). The Kier molecular flexibility index (Phi) is 5.14. The SMILES string of the molecule is C[C@@H]1CC[C@H](CCc2ccc(F)cc2)N1C(=O)c1ccccc1C#N.